The van der Waals surface area contributed by atoms with Gasteiger partial charge in [-0.3, -0.25) is 0 Å². The third-order valence-corrected chi connectivity index (χ3v) is 6.74. The summed E-state index contributed by atoms with van der Waals surface area (Å²) < 4.78 is 5.67. The normalized spacial score (nSPS) is 19.3. The maximum atomic E-state index is 6.30. The van der Waals surface area contributed by atoms with Crippen LogP contribution in [0.3, 0.4) is 0 Å². The zero-order valence-electron chi connectivity index (χ0n) is 16.0. The van der Waals surface area contributed by atoms with Crippen LogP contribution in [0.4, 0.5) is 5.69 Å². The van der Waals surface area contributed by atoms with Crippen LogP contribution < -0.4 is 9.64 Å². The van der Waals surface area contributed by atoms with Gasteiger partial charge < -0.3 is 9.64 Å². The van der Waals surface area contributed by atoms with Crippen molar-refractivity contribution in [2.24, 2.45) is 0 Å². The monoisotopic (exact) mass is 487 g/mol. The van der Waals surface area contributed by atoms with E-state index in [1.165, 1.54) is 49.8 Å². The Bertz CT molecular complexity index is 584. The topological polar surface area (TPSA) is 12.5 Å². The number of methoxy groups -OCH3 is 1. The van der Waals surface area contributed by atoms with E-state index in [-0.39, 0.29) is 5.38 Å². The van der Waals surface area contributed by atoms with E-state index in [4.69, 9.17) is 16.3 Å². The molecule has 0 saturated heterocycles. The highest BCUT2D eigenvalue weighted by atomic mass is 127. The second kappa shape index (κ2) is 11.9. The summed E-state index contributed by atoms with van der Waals surface area (Å²) in [5, 5.41) is 0.104. The third kappa shape index (κ3) is 7.15. The zero-order valence-corrected chi connectivity index (χ0v) is 18.9. The van der Waals surface area contributed by atoms with Crippen molar-refractivity contribution in [3.05, 3.63) is 48.1 Å². The number of allylic oxidation sites excluding steroid dienone is 2. The van der Waals surface area contributed by atoms with Crippen LogP contribution in [0.2, 0.25) is 0 Å². The fourth-order valence-corrected chi connectivity index (χ4v) is 4.02. The second-order valence-electron chi connectivity index (χ2n) is 6.88. The first-order valence-corrected chi connectivity index (χ1v) is 11.4. The molecule has 1 aromatic rings. The minimum absolute atomic E-state index is 0.104. The van der Waals surface area contributed by atoms with E-state index in [0.29, 0.717) is 3.92 Å². The molecule has 0 saturated carbocycles. The van der Waals surface area contributed by atoms with Crippen LogP contribution in [0.1, 0.15) is 45.4 Å². The van der Waals surface area contributed by atoms with Crippen molar-refractivity contribution in [2.45, 2.75) is 54.8 Å². The fraction of sp³-hybridized carbons (Fsp3) is 0.545. The average molecular weight is 488 g/mol. The molecule has 26 heavy (non-hydrogen) atoms. The molecule has 0 radical (unpaired) electrons. The second-order valence-corrected chi connectivity index (χ2v) is 8.82. The number of rotatable bonds is 11. The van der Waals surface area contributed by atoms with Crippen LogP contribution in [-0.4, -0.2) is 29.5 Å². The lowest BCUT2D eigenvalue weighted by molar-refractivity contribution is 0.415. The molecule has 4 heteroatoms. The van der Waals surface area contributed by atoms with Crippen molar-refractivity contribution in [3.63, 3.8) is 0 Å². The molecule has 0 fully saturated rings. The Morgan fingerprint density at radius 3 is 2.42 bits per heavy atom. The lowest BCUT2D eigenvalue weighted by Gasteiger charge is -2.27. The number of anilines is 1. The Labute approximate surface area is 177 Å². The molecule has 0 amide bonds. The molecule has 0 heterocycles. The van der Waals surface area contributed by atoms with Crippen molar-refractivity contribution in [2.75, 3.05) is 25.1 Å². The third-order valence-electron chi connectivity index (χ3n) is 4.76. The molecular formula is C22H31ClINO. The molecule has 0 aromatic heterocycles. The summed E-state index contributed by atoms with van der Waals surface area (Å²) in [5.74, 6) is 0.905. The molecule has 1 aliphatic carbocycles. The van der Waals surface area contributed by atoms with E-state index >= 15 is 0 Å². The average Bonchev–Trinajstić information content (AvgIpc) is 2.66. The number of hydrogen-bond donors (Lipinski definition) is 0. The van der Waals surface area contributed by atoms with Gasteiger partial charge in [-0.15, -0.1) is 11.6 Å². The Morgan fingerprint density at radius 2 is 1.77 bits per heavy atom. The van der Waals surface area contributed by atoms with Gasteiger partial charge in [0.2, 0.25) is 0 Å². The van der Waals surface area contributed by atoms with E-state index in [1.54, 1.807) is 7.11 Å². The predicted molar refractivity (Wildman–Crippen MR) is 123 cm³/mol. The zero-order chi connectivity index (χ0) is 18.8. The smallest absolute Gasteiger partial charge is 0.119 e. The summed E-state index contributed by atoms with van der Waals surface area (Å²) >= 11 is 8.72. The van der Waals surface area contributed by atoms with E-state index in [1.807, 2.05) is 12.1 Å². The number of alkyl halides is 2. The summed E-state index contributed by atoms with van der Waals surface area (Å²) in [6.45, 7) is 4.28. The molecule has 144 valence electrons. The molecule has 2 nitrogen and oxygen atoms in total. The molecule has 0 aliphatic heterocycles. The molecule has 1 aromatic carbocycles. The van der Waals surface area contributed by atoms with Crippen molar-refractivity contribution in [1.29, 1.82) is 0 Å². The molecule has 2 unspecified atom stereocenters. The van der Waals surface area contributed by atoms with Crippen LogP contribution in [0.5, 0.6) is 5.75 Å². The van der Waals surface area contributed by atoms with E-state index in [2.05, 4.69) is 64.8 Å². The Kier molecular flexibility index (Phi) is 9.91. The molecular weight excluding hydrogens is 457 g/mol. The highest BCUT2D eigenvalue weighted by Crippen LogP contribution is 2.26. The maximum absolute atomic E-state index is 6.30. The first-order valence-electron chi connectivity index (χ1n) is 9.70. The minimum Gasteiger partial charge on any atom is -0.497 e. The Balaban J connectivity index is 1.98. The van der Waals surface area contributed by atoms with Gasteiger partial charge in [0, 0.05) is 22.7 Å². The van der Waals surface area contributed by atoms with Gasteiger partial charge in [-0.25, -0.2) is 0 Å². The number of unbranched alkanes of at least 4 members (excludes halogenated alkanes) is 5. The van der Waals surface area contributed by atoms with Crippen LogP contribution in [-0.2, 0) is 0 Å². The molecule has 2 rings (SSSR count). The summed E-state index contributed by atoms with van der Waals surface area (Å²) in [5.41, 5.74) is 2.61. The number of benzene rings is 1. The Hall–Kier alpha value is -0.680. The quantitative estimate of drug-likeness (QED) is 0.194. The van der Waals surface area contributed by atoms with Gasteiger partial charge in [0.15, 0.2) is 0 Å². The summed E-state index contributed by atoms with van der Waals surface area (Å²) in [6, 6.07) is 8.42. The number of halogens is 2. The maximum Gasteiger partial charge on any atom is 0.119 e. The van der Waals surface area contributed by atoms with E-state index in [0.717, 1.165) is 18.8 Å². The van der Waals surface area contributed by atoms with Crippen LogP contribution in [0, 0.1) is 0 Å². The summed E-state index contributed by atoms with van der Waals surface area (Å²) in [6.07, 6.45) is 14.5. The standard InChI is InChI=1S/C22H31ClINO/c1-3-4-5-6-7-8-15-25(19-10-12-20(26-2)13-11-19)17-18-9-14-21(23)22(24)16-18/h9-14,16,21-22H,3-8,15,17H2,1-2H3. The molecule has 0 bridgehead atoms. The number of hydrogen-bond acceptors (Lipinski definition) is 2. The van der Waals surface area contributed by atoms with Gasteiger partial charge in [0.25, 0.3) is 0 Å². The predicted octanol–water partition coefficient (Wildman–Crippen LogP) is 6.77. The lowest BCUT2D eigenvalue weighted by atomic mass is 10.1. The van der Waals surface area contributed by atoms with Crippen LogP contribution >= 0.6 is 34.2 Å². The minimum atomic E-state index is 0.104. The molecule has 0 N–H and O–H groups in total. The lowest BCUT2D eigenvalue weighted by Crippen LogP contribution is -2.28. The Morgan fingerprint density at radius 1 is 1.08 bits per heavy atom. The van der Waals surface area contributed by atoms with Gasteiger partial charge in [0.05, 0.1) is 12.5 Å². The van der Waals surface area contributed by atoms with Gasteiger partial charge in [-0.05, 0) is 36.3 Å². The first kappa shape index (κ1) is 21.6. The van der Waals surface area contributed by atoms with Gasteiger partial charge >= 0.3 is 0 Å². The summed E-state index contributed by atoms with van der Waals surface area (Å²) in [7, 11) is 1.71. The first-order chi connectivity index (χ1) is 12.6. The van der Waals surface area contributed by atoms with Crippen LogP contribution in [0.15, 0.2) is 48.1 Å². The molecule has 1 aliphatic rings. The highest BCUT2D eigenvalue weighted by molar-refractivity contribution is 14.1. The van der Waals surface area contributed by atoms with Gasteiger partial charge in [-0.1, -0.05) is 79.8 Å². The fourth-order valence-electron chi connectivity index (χ4n) is 3.17. The summed E-state index contributed by atoms with van der Waals surface area (Å²) in [4.78, 5) is 2.48. The van der Waals surface area contributed by atoms with Gasteiger partial charge in [-0.2, -0.15) is 0 Å². The number of nitrogens with zero attached hydrogens (tertiary/aromatic N) is 1. The van der Waals surface area contributed by atoms with Crippen LogP contribution in [0.25, 0.3) is 0 Å². The number of ether oxygens (including phenoxy) is 1. The SMILES string of the molecule is CCCCCCCCN(CC1=CC(I)C(Cl)C=C1)c1ccc(OC)cc1. The van der Waals surface area contributed by atoms with Gasteiger partial charge in [0.1, 0.15) is 5.75 Å². The van der Waals surface area contributed by atoms with Crippen molar-refractivity contribution in [3.8, 4) is 5.75 Å². The van der Waals surface area contributed by atoms with E-state index in [9.17, 15) is 0 Å². The van der Waals surface area contributed by atoms with Crippen molar-refractivity contribution >= 4 is 39.9 Å². The van der Waals surface area contributed by atoms with E-state index < -0.39 is 0 Å². The largest absolute Gasteiger partial charge is 0.497 e. The van der Waals surface area contributed by atoms with Crippen molar-refractivity contribution < 1.29 is 4.74 Å². The highest BCUT2D eigenvalue weighted by Gasteiger charge is 2.17. The molecule has 0 spiro atoms. The molecule has 2 atom stereocenters. The van der Waals surface area contributed by atoms with Crippen molar-refractivity contribution in [1.82, 2.24) is 0 Å².